The average molecular weight is 255 g/mol. The van der Waals surface area contributed by atoms with E-state index in [9.17, 15) is 0 Å². The number of pyridine rings is 1. The van der Waals surface area contributed by atoms with Crippen molar-refractivity contribution >= 4 is 15.9 Å². The van der Waals surface area contributed by atoms with Gasteiger partial charge < -0.3 is 5.32 Å². The third kappa shape index (κ3) is 2.93. The SMILES string of the molecule is C=C(C)CC(NC)c1ncccc1Br. The minimum atomic E-state index is 0.239. The molecule has 0 aliphatic carbocycles. The van der Waals surface area contributed by atoms with E-state index < -0.39 is 0 Å². The predicted molar refractivity (Wildman–Crippen MR) is 63.2 cm³/mol. The van der Waals surface area contributed by atoms with Gasteiger partial charge >= 0.3 is 0 Å². The maximum atomic E-state index is 4.35. The molecule has 0 saturated carbocycles. The van der Waals surface area contributed by atoms with Crippen LogP contribution in [0.5, 0.6) is 0 Å². The molecule has 0 radical (unpaired) electrons. The lowest BCUT2D eigenvalue weighted by molar-refractivity contribution is 0.571. The van der Waals surface area contributed by atoms with Crippen molar-refractivity contribution in [1.82, 2.24) is 10.3 Å². The van der Waals surface area contributed by atoms with Crippen LogP contribution < -0.4 is 5.32 Å². The van der Waals surface area contributed by atoms with Crippen LogP contribution in [0.15, 0.2) is 35.0 Å². The molecule has 0 aliphatic rings. The van der Waals surface area contributed by atoms with E-state index in [2.05, 4.69) is 32.8 Å². The van der Waals surface area contributed by atoms with E-state index >= 15 is 0 Å². The average Bonchev–Trinajstić information content (AvgIpc) is 2.15. The molecule has 0 bridgehead atoms. The minimum Gasteiger partial charge on any atom is -0.311 e. The molecule has 1 aromatic rings. The van der Waals surface area contributed by atoms with Crippen molar-refractivity contribution in [2.24, 2.45) is 0 Å². The summed E-state index contributed by atoms with van der Waals surface area (Å²) in [4.78, 5) is 4.35. The van der Waals surface area contributed by atoms with E-state index in [4.69, 9.17) is 0 Å². The van der Waals surface area contributed by atoms with Gasteiger partial charge in [-0.05, 0) is 48.5 Å². The van der Waals surface area contributed by atoms with Crippen LogP contribution in [0.2, 0.25) is 0 Å². The second-order valence-corrected chi connectivity index (χ2v) is 4.23. The lowest BCUT2D eigenvalue weighted by Crippen LogP contribution is -2.18. The van der Waals surface area contributed by atoms with Crippen molar-refractivity contribution in [2.75, 3.05) is 7.05 Å². The maximum Gasteiger partial charge on any atom is 0.0718 e. The van der Waals surface area contributed by atoms with Crippen molar-refractivity contribution in [2.45, 2.75) is 19.4 Å². The summed E-state index contributed by atoms with van der Waals surface area (Å²) in [5, 5.41) is 3.24. The van der Waals surface area contributed by atoms with Crippen LogP contribution in [0, 0.1) is 0 Å². The Bertz CT molecular complexity index is 323. The molecular formula is C11H15BrN2. The zero-order chi connectivity index (χ0) is 10.6. The third-order valence-corrected chi connectivity index (χ3v) is 2.69. The van der Waals surface area contributed by atoms with Gasteiger partial charge in [0.15, 0.2) is 0 Å². The Kier molecular flexibility index (Phi) is 4.29. The number of hydrogen-bond acceptors (Lipinski definition) is 2. The Morgan fingerprint density at radius 1 is 1.71 bits per heavy atom. The zero-order valence-electron chi connectivity index (χ0n) is 8.55. The van der Waals surface area contributed by atoms with Gasteiger partial charge in [-0.25, -0.2) is 0 Å². The normalized spacial score (nSPS) is 12.5. The Labute approximate surface area is 93.6 Å². The smallest absolute Gasteiger partial charge is 0.0718 e. The Hall–Kier alpha value is -0.670. The Morgan fingerprint density at radius 3 is 2.93 bits per heavy atom. The first-order valence-corrected chi connectivity index (χ1v) is 5.36. The van der Waals surface area contributed by atoms with Gasteiger partial charge in [0, 0.05) is 10.7 Å². The van der Waals surface area contributed by atoms with Crippen LogP contribution in [0.3, 0.4) is 0 Å². The van der Waals surface area contributed by atoms with E-state index in [1.54, 1.807) is 0 Å². The molecule has 3 heteroatoms. The Balaban J connectivity index is 2.89. The van der Waals surface area contributed by atoms with Crippen LogP contribution in [0.25, 0.3) is 0 Å². The molecular weight excluding hydrogens is 240 g/mol. The van der Waals surface area contributed by atoms with E-state index in [-0.39, 0.29) is 6.04 Å². The van der Waals surface area contributed by atoms with Gasteiger partial charge in [0.25, 0.3) is 0 Å². The zero-order valence-corrected chi connectivity index (χ0v) is 10.1. The summed E-state index contributed by atoms with van der Waals surface area (Å²) in [5.41, 5.74) is 2.19. The van der Waals surface area contributed by atoms with Crippen molar-refractivity contribution in [3.8, 4) is 0 Å². The summed E-state index contributed by atoms with van der Waals surface area (Å²) >= 11 is 3.50. The van der Waals surface area contributed by atoms with Gasteiger partial charge in [0.2, 0.25) is 0 Å². The molecule has 76 valence electrons. The van der Waals surface area contributed by atoms with Gasteiger partial charge in [-0.15, -0.1) is 6.58 Å². The van der Waals surface area contributed by atoms with E-state index in [0.717, 1.165) is 22.2 Å². The summed E-state index contributed by atoms with van der Waals surface area (Å²) < 4.78 is 1.04. The van der Waals surface area contributed by atoms with E-state index in [0.29, 0.717) is 0 Å². The standard InChI is InChI=1S/C11H15BrN2/c1-8(2)7-10(13-3)11-9(12)5-4-6-14-11/h4-6,10,13H,1,7H2,2-3H3. The predicted octanol–water partition coefficient (Wildman–Crippen LogP) is 3.07. The van der Waals surface area contributed by atoms with Crippen molar-refractivity contribution < 1.29 is 0 Å². The molecule has 2 nitrogen and oxygen atoms in total. The van der Waals surface area contributed by atoms with E-state index in [1.807, 2.05) is 32.3 Å². The molecule has 1 aromatic heterocycles. The molecule has 0 fully saturated rings. The molecule has 1 N–H and O–H groups in total. The van der Waals surface area contributed by atoms with Crippen LogP contribution in [-0.2, 0) is 0 Å². The lowest BCUT2D eigenvalue weighted by atomic mass is 10.1. The van der Waals surface area contributed by atoms with Gasteiger partial charge in [-0.3, -0.25) is 4.98 Å². The summed E-state index contributed by atoms with van der Waals surface area (Å²) in [7, 11) is 1.94. The quantitative estimate of drug-likeness (QED) is 0.836. The number of aromatic nitrogens is 1. The van der Waals surface area contributed by atoms with Crippen LogP contribution in [-0.4, -0.2) is 12.0 Å². The number of nitrogens with one attached hydrogen (secondary N) is 1. The number of rotatable bonds is 4. The molecule has 14 heavy (non-hydrogen) atoms. The lowest BCUT2D eigenvalue weighted by Gasteiger charge is -2.16. The molecule has 0 saturated heterocycles. The molecule has 0 amide bonds. The van der Waals surface area contributed by atoms with Gasteiger partial charge in [0.05, 0.1) is 11.7 Å². The first-order valence-electron chi connectivity index (χ1n) is 4.57. The fourth-order valence-corrected chi connectivity index (χ4v) is 1.87. The summed E-state index contributed by atoms with van der Waals surface area (Å²) in [6, 6.07) is 4.16. The summed E-state index contributed by atoms with van der Waals surface area (Å²) in [6.45, 7) is 5.94. The van der Waals surface area contributed by atoms with Crippen molar-refractivity contribution in [3.05, 3.63) is 40.6 Å². The first-order chi connectivity index (χ1) is 6.65. The highest BCUT2D eigenvalue weighted by Crippen LogP contribution is 2.24. The van der Waals surface area contributed by atoms with Crippen molar-refractivity contribution in [1.29, 1.82) is 0 Å². The third-order valence-electron chi connectivity index (χ3n) is 2.02. The number of nitrogens with zero attached hydrogens (tertiary/aromatic N) is 1. The van der Waals surface area contributed by atoms with Crippen LogP contribution >= 0.6 is 15.9 Å². The van der Waals surface area contributed by atoms with Gasteiger partial charge in [-0.2, -0.15) is 0 Å². The molecule has 0 spiro atoms. The highest BCUT2D eigenvalue weighted by atomic mass is 79.9. The van der Waals surface area contributed by atoms with E-state index in [1.165, 1.54) is 0 Å². The molecule has 1 atom stereocenters. The van der Waals surface area contributed by atoms with Gasteiger partial charge in [0.1, 0.15) is 0 Å². The Morgan fingerprint density at radius 2 is 2.43 bits per heavy atom. The maximum absolute atomic E-state index is 4.35. The number of halogens is 1. The fraction of sp³-hybridized carbons (Fsp3) is 0.364. The molecule has 1 rings (SSSR count). The largest absolute Gasteiger partial charge is 0.311 e. The highest BCUT2D eigenvalue weighted by molar-refractivity contribution is 9.10. The monoisotopic (exact) mass is 254 g/mol. The topological polar surface area (TPSA) is 24.9 Å². The number of hydrogen-bond donors (Lipinski definition) is 1. The van der Waals surface area contributed by atoms with Crippen LogP contribution in [0.1, 0.15) is 25.1 Å². The molecule has 1 unspecified atom stereocenters. The molecule has 1 heterocycles. The second kappa shape index (κ2) is 5.27. The second-order valence-electron chi connectivity index (χ2n) is 3.37. The first kappa shape index (κ1) is 11.4. The van der Waals surface area contributed by atoms with Crippen molar-refractivity contribution in [3.63, 3.8) is 0 Å². The van der Waals surface area contributed by atoms with Crippen LogP contribution in [0.4, 0.5) is 0 Å². The van der Waals surface area contributed by atoms with Gasteiger partial charge in [-0.1, -0.05) is 5.57 Å². The highest BCUT2D eigenvalue weighted by Gasteiger charge is 2.13. The minimum absolute atomic E-state index is 0.239. The summed E-state index contributed by atoms with van der Waals surface area (Å²) in [5.74, 6) is 0. The fourth-order valence-electron chi connectivity index (χ4n) is 1.34. The summed E-state index contributed by atoms with van der Waals surface area (Å²) in [6.07, 6.45) is 2.72. The molecule has 0 aliphatic heterocycles. The molecule has 0 aromatic carbocycles.